The van der Waals surface area contributed by atoms with Gasteiger partial charge in [0.15, 0.2) is 0 Å². The van der Waals surface area contributed by atoms with Gasteiger partial charge >= 0.3 is 0 Å². The van der Waals surface area contributed by atoms with Gasteiger partial charge in [0.2, 0.25) is 0 Å². The van der Waals surface area contributed by atoms with Gasteiger partial charge in [-0.15, -0.1) is 0 Å². The van der Waals surface area contributed by atoms with Crippen LogP contribution in [0.1, 0.15) is 44.3 Å². The molecule has 1 spiro atoms. The first-order valence-electron chi connectivity index (χ1n) is 7.73. The van der Waals surface area contributed by atoms with Gasteiger partial charge in [-0.3, -0.25) is 0 Å². The minimum absolute atomic E-state index is 0.0453. The lowest BCUT2D eigenvalue weighted by Gasteiger charge is -2.46. The lowest BCUT2D eigenvalue weighted by Crippen LogP contribution is -2.52. The first-order valence-corrected chi connectivity index (χ1v) is 7.73. The van der Waals surface area contributed by atoms with E-state index in [4.69, 9.17) is 9.47 Å². The molecule has 1 aliphatic carbocycles. The first kappa shape index (κ1) is 13.9. The standard InChI is InChI=1S/C17H25NO2/c1-13-5-4-8-17(10-13)12-18-11-16(20-17)14-6-3-7-15(9-14)19-2/h3,6-7,9,13,16,18H,4-5,8,10-12H2,1-2H3. The van der Waals surface area contributed by atoms with Gasteiger partial charge in [-0.2, -0.15) is 0 Å². The fourth-order valence-electron chi connectivity index (χ4n) is 3.72. The van der Waals surface area contributed by atoms with Crippen LogP contribution in [0.5, 0.6) is 5.75 Å². The summed E-state index contributed by atoms with van der Waals surface area (Å²) in [7, 11) is 1.71. The maximum atomic E-state index is 6.55. The average Bonchev–Trinajstić information content (AvgIpc) is 2.47. The maximum absolute atomic E-state index is 6.55. The molecule has 20 heavy (non-hydrogen) atoms. The Kier molecular flexibility index (Phi) is 3.99. The SMILES string of the molecule is COc1cccc(C2CNCC3(CCCC(C)C3)O2)c1. The Hall–Kier alpha value is -1.06. The van der Waals surface area contributed by atoms with Crippen molar-refractivity contribution in [1.29, 1.82) is 0 Å². The topological polar surface area (TPSA) is 30.5 Å². The van der Waals surface area contributed by atoms with Crippen molar-refractivity contribution in [3.05, 3.63) is 29.8 Å². The number of hydrogen-bond donors (Lipinski definition) is 1. The van der Waals surface area contributed by atoms with Crippen LogP contribution in [0.25, 0.3) is 0 Å². The smallest absolute Gasteiger partial charge is 0.119 e. The van der Waals surface area contributed by atoms with Crippen molar-refractivity contribution in [1.82, 2.24) is 5.32 Å². The molecule has 0 amide bonds. The summed E-state index contributed by atoms with van der Waals surface area (Å²) in [6, 6.07) is 8.26. The van der Waals surface area contributed by atoms with Crippen molar-refractivity contribution in [3.8, 4) is 5.75 Å². The van der Waals surface area contributed by atoms with E-state index in [0.717, 1.165) is 24.8 Å². The second-order valence-corrected chi connectivity index (χ2v) is 6.40. The van der Waals surface area contributed by atoms with Gasteiger partial charge < -0.3 is 14.8 Å². The number of nitrogens with one attached hydrogen (secondary N) is 1. The lowest BCUT2D eigenvalue weighted by molar-refractivity contribution is -0.143. The normalized spacial score (nSPS) is 34.1. The van der Waals surface area contributed by atoms with Gasteiger partial charge in [0, 0.05) is 13.1 Å². The zero-order valence-electron chi connectivity index (χ0n) is 12.5. The van der Waals surface area contributed by atoms with Crippen LogP contribution in [-0.2, 0) is 4.74 Å². The molecule has 1 aromatic rings. The third kappa shape index (κ3) is 2.84. The Balaban J connectivity index is 1.77. The molecule has 1 N–H and O–H groups in total. The highest BCUT2D eigenvalue weighted by molar-refractivity contribution is 5.30. The second-order valence-electron chi connectivity index (χ2n) is 6.40. The van der Waals surface area contributed by atoms with Crippen LogP contribution in [0.2, 0.25) is 0 Å². The molecule has 3 heteroatoms. The molecular weight excluding hydrogens is 250 g/mol. The number of rotatable bonds is 2. The van der Waals surface area contributed by atoms with Gasteiger partial charge in [-0.05, 0) is 36.5 Å². The van der Waals surface area contributed by atoms with Crippen molar-refractivity contribution in [2.75, 3.05) is 20.2 Å². The monoisotopic (exact) mass is 275 g/mol. The van der Waals surface area contributed by atoms with E-state index >= 15 is 0 Å². The Bertz CT molecular complexity index is 458. The summed E-state index contributed by atoms with van der Waals surface area (Å²) in [4.78, 5) is 0. The van der Waals surface area contributed by atoms with Crippen molar-refractivity contribution < 1.29 is 9.47 Å². The quantitative estimate of drug-likeness (QED) is 0.898. The van der Waals surface area contributed by atoms with Crippen LogP contribution in [0.4, 0.5) is 0 Å². The summed E-state index contributed by atoms with van der Waals surface area (Å²) in [5.41, 5.74) is 1.26. The number of methoxy groups -OCH3 is 1. The predicted octanol–water partition coefficient (Wildman–Crippen LogP) is 3.31. The highest BCUT2D eigenvalue weighted by atomic mass is 16.5. The molecule has 2 aliphatic rings. The van der Waals surface area contributed by atoms with Crippen LogP contribution in [0.15, 0.2) is 24.3 Å². The fraction of sp³-hybridized carbons (Fsp3) is 0.647. The van der Waals surface area contributed by atoms with Crippen molar-refractivity contribution in [3.63, 3.8) is 0 Å². The third-order valence-electron chi connectivity index (χ3n) is 4.68. The van der Waals surface area contributed by atoms with Crippen molar-refractivity contribution in [2.24, 2.45) is 5.92 Å². The van der Waals surface area contributed by atoms with Gasteiger partial charge in [-0.25, -0.2) is 0 Å². The molecule has 110 valence electrons. The second kappa shape index (κ2) is 5.74. The minimum atomic E-state index is 0.0453. The van der Waals surface area contributed by atoms with Crippen LogP contribution in [-0.4, -0.2) is 25.8 Å². The highest BCUT2D eigenvalue weighted by Crippen LogP contribution is 2.40. The number of morpholine rings is 1. The summed E-state index contributed by atoms with van der Waals surface area (Å²) in [5.74, 6) is 1.68. The van der Waals surface area contributed by atoms with E-state index in [0.29, 0.717) is 0 Å². The molecule has 2 fully saturated rings. The molecule has 3 unspecified atom stereocenters. The zero-order valence-corrected chi connectivity index (χ0v) is 12.5. The van der Waals surface area contributed by atoms with E-state index < -0.39 is 0 Å². The first-order chi connectivity index (χ1) is 9.71. The summed E-state index contributed by atoms with van der Waals surface area (Å²) in [6.07, 6.45) is 5.14. The molecule has 1 aromatic carbocycles. The zero-order chi connectivity index (χ0) is 14.0. The molecule has 0 aromatic heterocycles. The molecule has 1 heterocycles. The third-order valence-corrected chi connectivity index (χ3v) is 4.68. The fourth-order valence-corrected chi connectivity index (χ4v) is 3.72. The van der Waals surface area contributed by atoms with E-state index in [1.54, 1.807) is 7.11 Å². The van der Waals surface area contributed by atoms with Gasteiger partial charge in [-0.1, -0.05) is 31.9 Å². The van der Waals surface area contributed by atoms with Crippen LogP contribution >= 0.6 is 0 Å². The molecule has 1 aliphatic heterocycles. The maximum Gasteiger partial charge on any atom is 0.119 e. The summed E-state index contributed by atoms with van der Waals surface area (Å²) in [5, 5.41) is 3.59. The largest absolute Gasteiger partial charge is 0.497 e. The van der Waals surface area contributed by atoms with E-state index in [2.05, 4.69) is 24.4 Å². The Morgan fingerprint density at radius 3 is 3.10 bits per heavy atom. The minimum Gasteiger partial charge on any atom is -0.497 e. The van der Waals surface area contributed by atoms with Gasteiger partial charge in [0.1, 0.15) is 5.75 Å². The Labute approximate surface area is 121 Å². The van der Waals surface area contributed by atoms with Gasteiger partial charge in [0.25, 0.3) is 0 Å². The molecule has 0 bridgehead atoms. The summed E-state index contributed by atoms with van der Waals surface area (Å²) >= 11 is 0. The number of benzene rings is 1. The van der Waals surface area contributed by atoms with E-state index in [9.17, 15) is 0 Å². The number of ether oxygens (including phenoxy) is 2. The summed E-state index contributed by atoms with van der Waals surface area (Å²) < 4.78 is 11.9. The molecule has 3 nitrogen and oxygen atoms in total. The lowest BCUT2D eigenvalue weighted by atomic mass is 9.77. The molecular formula is C17H25NO2. The Morgan fingerprint density at radius 1 is 1.40 bits per heavy atom. The van der Waals surface area contributed by atoms with Crippen LogP contribution in [0.3, 0.4) is 0 Å². The predicted molar refractivity (Wildman–Crippen MR) is 80.1 cm³/mol. The highest BCUT2D eigenvalue weighted by Gasteiger charge is 2.40. The van der Waals surface area contributed by atoms with Crippen molar-refractivity contribution >= 4 is 0 Å². The molecule has 3 rings (SSSR count). The van der Waals surface area contributed by atoms with Crippen LogP contribution in [0, 0.1) is 5.92 Å². The van der Waals surface area contributed by atoms with E-state index in [1.807, 2.05) is 12.1 Å². The molecule has 1 saturated heterocycles. The van der Waals surface area contributed by atoms with Gasteiger partial charge in [0.05, 0.1) is 18.8 Å². The molecule has 3 atom stereocenters. The van der Waals surface area contributed by atoms with E-state index in [1.165, 1.54) is 31.2 Å². The molecule has 0 radical (unpaired) electrons. The number of hydrogen-bond acceptors (Lipinski definition) is 3. The van der Waals surface area contributed by atoms with Crippen molar-refractivity contribution in [2.45, 2.75) is 44.3 Å². The van der Waals surface area contributed by atoms with Crippen LogP contribution < -0.4 is 10.1 Å². The average molecular weight is 275 g/mol. The molecule has 1 saturated carbocycles. The summed E-state index contributed by atoms with van der Waals surface area (Å²) in [6.45, 7) is 4.24. The van der Waals surface area contributed by atoms with E-state index in [-0.39, 0.29) is 11.7 Å². The Morgan fingerprint density at radius 2 is 2.30 bits per heavy atom.